The Balaban J connectivity index is 1.09. The number of carbonyl (C=O) groups excluding carboxylic acids is 2. The molecule has 6 rings (SSSR count). The van der Waals surface area contributed by atoms with Crippen LogP contribution in [0.5, 0.6) is 0 Å². The van der Waals surface area contributed by atoms with Crippen molar-refractivity contribution in [3.63, 3.8) is 0 Å². The van der Waals surface area contributed by atoms with E-state index in [4.69, 9.17) is 4.84 Å². The number of para-hydroxylation sites is 2. The lowest BCUT2D eigenvalue weighted by molar-refractivity contribution is -0.137. The van der Waals surface area contributed by atoms with Gasteiger partial charge in [-0.15, -0.1) is 5.06 Å². The van der Waals surface area contributed by atoms with Gasteiger partial charge in [-0.2, -0.15) is 5.10 Å². The number of nitrogens with one attached hydrogen (secondary N) is 3. The number of hydroxylamine groups is 2. The predicted octanol–water partition coefficient (Wildman–Crippen LogP) is 2.90. The van der Waals surface area contributed by atoms with E-state index in [0.717, 1.165) is 47.1 Å². The summed E-state index contributed by atoms with van der Waals surface area (Å²) in [6.45, 7) is 9.25. The zero-order chi connectivity index (χ0) is 29.9. The first-order chi connectivity index (χ1) is 20.8. The van der Waals surface area contributed by atoms with Crippen LogP contribution in [-0.4, -0.2) is 98.5 Å². The highest BCUT2D eigenvalue weighted by molar-refractivity contribution is 5.86. The minimum atomic E-state index is -0.768. The zero-order valence-corrected chi connectivity index (χ0v) is 24.8. The van der Waals surface area contributed by atoms with Gasteiger partial charge in [0.25, 0.3) is 0 Å². The topological polar surface area (TPSA) is 132 Å². The van der Waals surface area contributed by atoms with Crippen LogP contribution in [0.2, 0.25) is 0 Å². The molecule has 2 aromatic carbocycles. The second-order valence-corrected chi connectivity index (χ2v) is 12.1. The lowest BCUT2D eigenvalue weighted by Gasteiger charge is -2.37. The second kappa shape index (κ2) is 12.6. The molecule has 4 aromatic rings. The van der Waals surface area contributed by atoms with Crippen LogP contribution in [-0.2, 0) is 16.1 Å². The van der Waals surface area contributed by atoms with Gasteiger partial charge in [0.1, 0.15) is 6.04 Å². The number of piperazine rings is 1. The molecule has 12 heteroatoms. The third-order valence-electron chi connectivity index (χ3n) is 8.47. The number of imidazole rings is 1. The highest BCUT2D eigenvalue weighted by Crippen LogP contribution is 2.25. The third-order valence-corrected chi connectivity index (χ3v) is 8.47. The lowest BCUT2D eigenvalue weighted by atomic mass is 10.0. The fourth-order valence-electron chi connectivity index (χ4n) is 6.36. The SMILES string of the molecule is CC(C)CN1CCN(C(=O)C(Cc2ccc3[nH]ncc3c2)NC(=O)ON2CCC(n3c(=O)[nH]c4ccccc43)CC2)CC1. The monoisotopic (exact) mass is 588 g/mol. The third kappa shape index (κ3) is 6.60. The molecular weight excluding hydrogens is 548 g/mol. The van der Waals surface area contributed by atoms with Crippen molar-refractivity contribution in [2.24, 2.45) is 5.92 Å². The molecule has 2 fully saturated rings. The van der Waals surface area contributed by atoms with E-state index in [9.17, 15) is 14.4 Å². The molecular formula is C31H40N8O4. The van der Waals surface area contributed by atoms with E-state index in [1.54, 1.807) is 15.8 Å². The summed E-state index contributed by atoms with van der Waals surface area (Å²) < 4.78 is 1.80. The Kier molecular flexibility index (Phi) is 8.48. The summed E-state index contributed by atoms with van der Waals surface area (Å²) in [4.78, 5) is 52.4. The molecule has 12 nitrogen and oxygen atoms in total. The van der Waals surface area contributed by atoms with E-state index in [1.165, 1.54) is 0 Å². The summed E-state index contributed by atoms with van der Waals surface area (Å²) in [6, 6.07) is 12.8. The van der Waals surface area contributed by atoms with Gasteiger partial charge in [0, 0.05) is 63.7 Å². The van der Waals surface area contributed by atoms with Crippen molar-refractivity contribution in [3.8, 4) is 0 Å². The summed E-state index contributed by atoms with van der Waals surface area (Å²) in [6.07, 6.45) is 2.75. The van der Waals surface area contributed by atoms with Gasteiger partial charge in [-0.1, -0.05) is 32.0 Å². The van der Waals surface area contributed by atoms with Gasteiger partial charge in [0.15, 0.2) is 0 Å². The van der Waals surface area contributed by atoms with Crippen molar-refractivity contribution in [2.75, 3.05) is 45.8 Å². The van der Waals surface area contributed by atoms with Crippen molar-refractivity contribution < 1.29 is 14.4 Å². The van der Waals surface area contributed by atoms with Gasteiger partial charge in [0.2, 0.25) is 5.91 Å². The minimum Gasteiger partial charge on any atom is -0.351 e. The van der Waals surface area contributed by atoms with Gasteiger partial charge in [0.05, 0.1) is 22.7 Å². The molecule has 0 bridgehead atoms. The molecule has 2 amide bonds. The van der Waals surface area contributed by atoms with Crippen molar-refractivity contribution in [1.82, 2.24) is 39.9 Å². The lowest BCUT2D eigenvalue weighted by Crippen LogP contribution is -2.56. The van der Waals surface area contributed by atoms with E-state index < -0.39 is 12.1 Å². The molecule has 2 aliphatic rings. The maximum atomic E-state index is 13.8. The molecule has 228 valence electrons. The van der Waals surface area contributed by atoms with Crippen molar-refractivity contribution in [1.29, 1.82) is 0 Å². The van der Waals surface area contributed by atoms with Crippen LogP contribution in [0.25, 0.3) is 21.9 Å². The summed E-state index contributed by atoms with van der Waals surface area (Å²) in [5.74, 6) is 0.462. The van der Waals surface area contributed by atoms with Crippen LogP contribution in [0, 0.1) is 5.92 Å². The summed E-state index contributed by atoms with van der Waals surface area (Å²) in [5.41, 5.74) is 3.41. The number of piperidine rings is 1. The van der Waals surface area contributed by atoms with Crippen LogP contribution < -0.4 is 11.0 Å². The number of fused-ring (bicyclic) bond motifs is 2. The number of carbonyl (C=O) groups is 2. The molecule has 2 aliphatic heterocycles. The van der Waals surface area contributed by atoms with Crippen LogP contribution in [0.3, 0.4) is 0 Å². The second-order valence-electron chi connectivity index (χ2n) is 12.1. The predicted molar refractivity (Wildman–Crippen MR) is 163 cm³/mol. The molecule has 2 aromatic heterocycles. The van der Waals surface area contributed by atoms with Crippen LogP contribution >= 0.6 is 0 Å². The zero-order valence-electron chi connectivity index (χ0n) is 24.8. The molecule has 1 unspecified atom stereocenters. The van der Waals surface area contributed by atoms with Crippen LogP contribution in [0.4, 0.5) is 4.79 Å². The number of aromatic amines is 2. The standard InChI is InChI=1S/C31H40N8O4/c1-21(2)20-36-13-15-37(16-14-36)29(40)27(18-22-7-8-25-23(17-22)19-32-35-25)34-31(42)43-38-11-9-24(10-12-38)39-28-6-4-3-5-26(28)33-30(39)41/h3-8,17,19,21,24,27H,9-16,18,20H2,1-2H3,(H,32,35)(H,33,41)(H,34,42). The Hall–Kier alpha value is -4.16. The Morgan fingerprint density at radius 3 is 2.56 bits per heavy atom. The number of hydrogen-bond donors (Lipinski definition) is 3. The number of nitrogens with zero attached hydrogens (tertiary/aromatic N) is 5. The van der Waals surface area contributed by atoms with Gasteiger partial charge in [-0.3, -0.25) is 19.4 Å². The smallest absolute Gasteiger partial charge is 0.351 e. The van der Waals surface area contributed by atoms with Gasteiger partial charge >= 0.3 is 11.8 Å². The highest BCUT2D eigenvalue weighted by atomic mass is 16.7. The number of amides is 2. The largest absolute Gasteiger partial charge is 0.426 e. The molecule has 0 saturated carbocycles. The molecule has 1 atom stereocenters. The van der Waals surface area contributed by atoms with Crippen molar-refractivity contribution in [3.05, 3.63) is 64.7 Å². The van der Waals surface area contributed by atoms with E-state index in [0.29, 0.717) is 51.4 Å². The van der Waals surface area contributed by atoms with Crippen molar-refractivity contribution in [2.45, 2.75) is 45.2 Å². The molecule has 0 aliphatic carbocycles. The Morgan fingerprint density at radius 1 is 1.02 bits per heavy atom. The van der Waals surface area contributed by atoms with Crippen LogP contribution in [0.1, 0.15) is 38.3 Å². The summed E-state index contributed by atoms with van der Waals surface area (Å²) >= 11 is 0. The maximum absolute atomic E-state index is 13.8. The Morgan fingerprint density at radius 2 is 1.79 bits per heavy atom. The molecule has 0 radical (unpaired) electrons. The highest BCUT2D eigenvalue weighted by Gasteiger charge is 2.31. The fourth-order valence-corrected chi connectivity index (χ4v) is 6.36. The average Bonchev–Trinajstić information content (AvgIpc) is 3.60. The van der Waals surface area contributed by atoms with Gasteiger partial charge in [-0.25, -0.2) is 9.59 Å². The summed E-state index contributed by atoms with van der Waals surface area (Å²) in [7, 11) is 0. The molecule has 4 heterocycles. The minimum absolute atomic E-state index is 0.00749. The molecule has 0 spiro atoms. The number of rotatable bonds is 8. The molecule has 43 heavy (non-hydrogen) atoms. The summed E-state index contributed by atoms with van der Waals surface area (Å²) in [5, 5.41) is 12.5. The number of benzene rings is 2. The van der Waals surface area contributed by atoms with E-state index in [-0.39, 0.29) is 17.6 Å². The van der Waals surface area contributed by atoms with E-state index >= 15 is 0 Å². The van der Waals surface area contributed by atoms with E-state index in [2.05, 4.69) is 39.2 Å². The number of aromatic nitrogens is 4. The van der Waals surface area contributed by atoms with Crippen molar-refractivity contribution >= 4 is 33.9 Å². The Labute approximate surface area is 249 Å². The molecule has 3 N–H and O–H groups in total. The quantitative estimate of drug-likeness (QED) is 0.288. The number of hydrogen-bond acceptors (Lipinski definition) is 7. The first-order valence-electron chi connectivity index (χ1n) is 15.2. The van der Waals surface area contributed by atoms with Gasteiger partial charge < -0.3 is 20.0 Å². The number of H-pyrrole nitrogens is 2. The van der Waals surface area contributed by atoms with E-state index in [1.807, 2.05) is 47.4 Å². The average molecular weight is 589 g/mol. The van der Waals surface area contributed by atoms with Gasteiger partial charge in [-0.05, 0) is 48.6 Å². The molecule has 2 saturated heterocycles. The maximum Gasteiger partial charge on any atom is 0.426 e. The Bertz CT molecular complexity index is 1630. The van der Waals surface area contributed by atoms with Crippen LogP contribution in [0.15, 0.2) is 53.5 Å². The fraction of sp³-hybridized carbons (Fsp3) is 0.484. The first kappa shape index (κ1) is 28.9. The normalized spacial score (nSPS) is 18.0. The first-order valence-corrected chi connectivity index (χ1v) is 15.2.